The minimum absolute atomic E-state index is 0.0204. The number of nitrogens with zero attached hydrogens (tertiary/aromatic N) is 4. The molecule has 148 valence electrons. The fraction of sp³-hybridized carbons (Fsp3) is 0.300. The number of benzene rings is 1. The molecule has 0 aliphatic carbocycles. The van der Waals surface area contributed by atoms with E-state index in [2.05, 4.69) is 20.4 Å². The molecule has 9 nitrogen and oxygen atoms in total. The van der Waals surface area contributed by atoms with Gasteiger partial charge in [-0.2, -0.15) is 10.1 Å². The van der Waals surface area contributed by atoms with Crippen LogP contribution in [0.5, 0.6) is 0 Å². The molecule has 29 heavy (non-hydrogen) atoms. The number of Topliss-reactive ketones (excluding diaryl/α,β-unsaturated/α-hetero) is 1. The maximum absolute atomic E-state index is 12.4. The maximum Gasteiger partial charge on any atom is 0.310 e. The lowest BCUT2D eigenvalue weighted by Crippen LogP contribution is -2.18. The van der Waals surface area contributed by atoms with Crippen molar-refractivity contribution in [3.8, 4) is 0 Å². The van der Waals surface area contributed by atoms with E-state index < -0.39 is 5.97 Å². The second-order valence-corrected chi connectivity index (χ2v) is 7.01. The highest BCUT2D eigenvalue weighted by molar-refractivity contribution is 6.05. The van der Waals surface area contributed by atoms with Crippen molar-refractivity contribution in [1.29, 1.82) is 0 Å². The fourth-order valence-corrected chi connectivity index (χ4v) is 3.43. The molecule has 9 heteroatoms. The third-order valence-corrected chi connectivity index (χ3v) is 5.17. The normalized spacial score (nSPS) is 15.3. The van der Waals surface area contributed by atoms with Crippen molar-refractivity contribution in [3.63, 3.8) is 0 Å². The van der Waals surface area contributed by atoms with Gasteiger partial charge >= 0.3 is 5.97 Å². The van der Waals surface area contributed by atoms with Crippen molar-refractivity contribution in [3.05, 3.63) is 52.6 Å². The molecule has 1 aliphatic heterocycles. The average molecular weight is 393 g/mol. The van der Waals surface area contributed by atoms with Crippen molar-refractivity contribution in [2.24, 2.45) is 0 Å². The summed E-state index contributed by atoms with van der Waals surface area (Å²) in [6.45, 7) is 5.02. The van der Waals surface area contributed by atoms with Gasteiger partial charge in [0.2, 0.25) is 5.91 Å². The zero-order valence-corrected chi connectivity index (χ0v) is 16.2. The zero-order valence-electron chi connectivity index (χ0n) is 16.2. The first-order chi connectivity index (χ1) is 13.8. The lowest BCUT2D eigenvalue weighted by molar-refractivity contribution is -0.141. The number of anilines is 1. The van der Waals surface area contributed by atoms with Crippen LogP contribution >= 0.6 is 0 Å². The van der Waals surface area contributed by atoms with Gasteiger partial charge < -0.3 is 10.1 Å². The van der Waals surface area contributed by atoms with Gasteiger partial charge in [-0.05, 0) is 44.5 Å². The summed E-state index contributed by atoms with van der Waals surface area (Å²) in [6.07, 6.45) is 1.38. The molecular weight excluding hydrogens is 374 g/mol. The molecule has 2 aromatic heterocycles. The molecule has 0 radical (unpaired) electrons. The predicted octanol–water partition coefficient (Wildman–Crippen LogP) is 1.77. The van der Waals surface area contributed by atoms with Crippen LogP contribution in [0.4, 0.5) is 5.69 Å². The SMILES string of the molecule is Cc1nc2ncnn2c(C)c1CC(=O)OCC(=O)c1ccc2c(c1)[C@H](C)C(=O)N2. The first kappa shape index (κ1) is 18.7. The Bertz CT molecular complexity index is 1170. The second kappa shape index (κ2) is 7.08. The van der Waals surface area contributed by atoms with Gasteiger partial charge in [-0.15, -0.1) is 0 Å². The molecule has 1 amide bonds. The standard InChI is InChI=1S/C20H19N5O4/c1-10-14-6-13(4-5-16(14)24-19(10)28)17(26)8-29-18(27)7-15-11(2)23-20-21-9-22-25(20)12(15)3/h4-6,9-10H,7-8H2,1-3H3,(H,24,28)/t10-/m0/s1. The molecule has 0 bridgehead atoms. The number of rotatable bonds is 5. The number of ether oxygens (including phenoxy) is 1. The van der Waals surface area contributed by atoms with Gasteiger partial charge in [0.1, 0.15) is 6.33 Å². The Morgan fingerprint density at radius 3 is 2.86 bits per heavy atom. The maximum atomic E-state index is 12.4. The second-order valence-electron chi connectivity index (χ2n) is 7.01. The molecule has 3 heterocycles. The van der Waals surface area contributed by atoms with Crippen LogP contribution in [0.1, 0.15) is 45.7 Å². The summed E-state index contributed by atoms with van der Waals surface area (Å²) in [6, 6.07) is 4.98. The number of nitrogens with one attached hydrogen (secondary N) is 1. The molecule has 4 rings (SSSR count). The van der Waals surface area contributed by atoms with E-state index in [9.17, 15) is 14.4 Å². The third kappa shape index (κ3) is 3.35. The molecule has 1 aromatic carbocycles. The molecule has 0 saturated heterocycles. The number of amides is 1. The van der Waals surface area contributed by atoms with E-state index in [1.807, 2.05) is 6.92 Å². The number of hydrogen-bond donors (Lipinski definition) is 1. The summed E-state index contributed by atoms with van der Waals surface area (Å²) >= 11 is 0. The summed E-state index contributed by atoms with van der Waals surface area (Å²) in [5, 5.41) is 6.85. The van der Waals surface area contributed by atoms with Gasteiger partial charge in [0.15, 0.2) is 12.4 Å². The van der Waals surface area contributed by atoms with Crippen LogP contribution in [-0.2, 0) is 20.7 Å². The minimum atomic E-state index is -0.530. The number of aryl methyl sites for hydroxylation is 2. The largest absolute Gasteiger partial charge is 0.457 e. The molecule has 0 unspecified atom stereocenters. The van der Waals surface area contributed by atoms with Crippen molar-refractivity contribution in [2.75, 3.05) is 11.9 Å². The molecule has 3 aromatic rings. The van der Waals surface area contributed by atoms with E-state index in [4.69, 9.17) is 4.74 Å². The molecular formula is C20H19N5O4. The first-order valence-electron chi connectivity index (χ1n) is 9.14. The molecule has 0 saturated carbocycles. The Morgan fingerprint density at radius 2 is 2.07 bits per heavy atom. The smallest absolute Gasteiger partial charge is 0.310 e. The molecule has 1 atom stereocenters. The lowest BCUT2D eigenvalue weighted by atomic mass is 9.99. The Morgan fingerprint density at radius 1 is 1.28 bits per heavy atom. The summed E-state index contributed by atoms with van der Waals surface area (Å²) in [5.41, 5.74) is 3.98. The minimum Gasteiger partial charge on any atom is -0.457 e. The summed E-state index contributed by atoms with van der Waals surface area (Å²) in [7, 11) is 0. The van der Waals surface area contributed by atoms with Crippen molar-refractivity contribution in [2.45, 2.75) is 33.1 Å². The average Bonchev–Trinajstić information content (AvgIpc) is 3.27. The third-order valence-electron chi connectivity index (χ3n) is 5.17. The summed E-state index contributed by atoms with van der Waals surface area (Å²) in [5.74, 6) is -0.806. The highest BCUT2D eigenvalue weighted by Crippen LogP contribution is 2.32. The first-order valence-corrected chi connectivity index (χ1v) is 9.14. The summed E-state index contributed by atoms with van der Waals surface area (Å²) in [4.78, 5) is 44.9. The highest BCUT2D eigenvalue weighted by Gasteiger charge is 2.27. The zero-order chi connectivity index (χ0) is 20.7. The Hall–Kier alpha value is -3.62. The number of fused-ring (bicyclic) bond motifs is 2. The van der Waals surface area contributed by atoms with Crippen LogP contribution in [0.3, 0.4) is 0 Å². The van der Waals surface area contributed by atoms with Crippen LogP contribution in [0.15, 0.2) is 24.5 Å². The van der Waals surface area contributed by atoms with E-state index in [1.54, 1.807) is 36.6 Å². The number of carbonyl (C=O) groups is 3. The van der Waals surface area contributed by atoms with Crippen molar-refractivity contribution >= 4 is 29.1 Å². The van der Waals surface area contributed by atoms with E-state index in [0.717, 1.165) is 11.3 Å². The van der Waals surface area contributed by atoms with Gasteiger partial charge in [0.05, 0.1) is 12.3 Å². The Kier molecular flexibility index (Phi) is 4.57. The number of aromatic nitrogens is 4. The van der Waals surface area contributed by atoms with Gasteiger partial charge in [-0.25, -0.2) is 9.50 Å². The Balaban J connectivity index is 1.43. The van der Waals surface area contributed by atoms with E-state index >= 15 is 0 Å². The topological polar surface area (TPSA) is 116 Å². The van der Waals surface area contributed by atoms with Crippen molar-refractivity contribution in [1.82, 2.24) is 19.6 Å². The highest BCUT2D eigenvalue weighted by atomic mass is 16.5. The van der Waals surface area contributed by atoms with Crippen molar-refractivity contribution < 1.29 is 19.1 Å². The number of esters is 1. The Labute approximate surface area is 166 Å². The predicted molar refractivity (Wildman–Crippen MR) is 103 cm³/mol. The lowest BCUT2D eigenvalue weighted by Gasteiger charge is -2.10. The number of hydrogen-bond acceptors (Lipinski definition) is 7. The molecule has 1 aliphatic rings. The van der Waals surface area contributed by atoms with Gasteiger partial charge in [-0.3, -0.25) is 14.4 Å². The van der Waals surface area contributed by atoms with E-state index in [-0.39, 0.29) is 30.6 Å². The monoisotopic (exact) mass is 393 g/mol. The fourth-order valence-electron chi connectivity index (χ4n) is 3.43. The van der Waals surface area contributed by atoms with Crippen LogP contribution in [-0.4, -0.2) is 43.8 Å². The molecule has 1 N–H and O–H groups in total. The van der Waals surface area contributed by atoms with Crippen LogP contribution in [0.2, 0.25) is 0 Å². The summed E-state index contributed by atoms with van der Waals surface area (Å²) < 4.78 is 6.75. The van der Waals surface area contributed by atoms with Crippen LogP contribution in [0, 0.1) is 13.8 Å². The van der Waals surface area contributed by atoms with E-state index in [1.165, 1.54) is 6.33 Å². The van der Waals surface area contributed by atoms with E-state index in [0.29, 0.717) is 28.3 Å². The molecule has 0 spiro atoms. The number of ketones is 1. The van der Waals surface area contributed by atoms with Gasteiger partial charge in [-0.1, -0.05) is 0 Å². The van der Waals surface area contributed by atoms with Crippen LogP contribution in [0.25, 0.3) is 5.78 Å². The van der Waals surface area contributed by atoms with Gasteiger partial charge in [0, 0.05) is 28.2 Å². The van der Waals surface area contributed by atoms with Gasteiger partial charge in [0.25, 0.3) is 5.78 Å². The number of carbonyl (C=O) groups excluding carboxylic acids is 3. The quantitative estimate of drug-likeness (QED) is 0.519. The molecule has 0 fully saturated rings. The van der Waals surface area contributed by atoms with Crippen LogP contribution < -0.4 is 5.32 Å².